The Balaban J connectivity index is 1.37. The van der Waals surface area contributed by atoms with Crippen molar-refractivity contribution in [1.29, 1.82) is 0 Å². The Morgan fingerprint density at radius 3 is 2.55 bits per heavy atom. The molecule has 9 nitrogen and oxygen atoms in total. The first-order valence-corrected chi connectivity index (χ1v) is 12.1. The van der Waals surface area contributed by atoms with Gasteiger partial charge in [-0.3, -0.25) is 19.3 Å². The molecule has 10 heteroatoms. The second kappa shape index (κ2) is 11.9. The third-order valence-corrected chi connectivity index (χ3v) is 6.60. The number of aromatic nitrogens is 1. The van der Waals surface area contributed by atoms with Gasteiger partial charge in [0.25, 0.3) is 0 Å². The van der Waals surface area contributed by atoms with Crippen molar-refractivity contribution in [2.75, 3.05) is 49.1 Å². The zero-order chi connectivity index (χ0) is 23.8. The van der Waals surface area contributed by atoms with Gasteiger partial charge < -0.3 is 20.1 Å². The fourth-order valence-electron chi connectivity index (χ4n) is 3.52. The topological polar surface area (TPSA) is 108 Å². The number of amides is 3. The van der Waals surface area contributed by atoms with E-state index in [0.717, 1.165) is 17.7 Å². The van der Waals surface area contributed by atoms with Crippen LogP contribution in [0.4, 0.5) is 11.5 Å². The number of hydrogen-bond acceptors (Lipinski definition) is 7. The van der Waals surface area contributed by atoms with Gasteiger partial charge in [0, 0.05) is 37.9 Å². The van der Waals surface area contributed by atoms with Crippen LogP contribution in [0.2, 0.25) is 0 Å². The Hall–Kier alpha value is -2.85. The molecule has 0 aliphatic carbocycles. The Morgan fingerprint density at radius 2 is 1.88 bits per heavy atom. The summed E-state index contributed by atoms with van der Waals surface area (Å²) < 4.78 is 4.93. The Labute approximate surface area is 198 Å². The standard InChI is InChI=1S/C23H31N5O4S/c1-4-18-7-5-6-8-19(18)24-21(29)14-27-9-11-28(12-10-27)22(30)15-33-17(3)23(31)25-20-13-16(2)32-26-20/h5-8,13,17H,4,9-12,14-15H2,1-3H3,(H,24,29)(H,25,26,31)/t17-/m0/s1. The highest BCUT2D eigenvalue weighted by Gasteiger charge is 2.24. The highest BCUT2D eigenvalue weighted by molar-refractivity contribution is 8.01. The van der Waals surface area contributed by atoms with E-state index in [9.17, 15) is 14.4 Å². The molecule has 1 fully saturated rings. The zero-order valence-corrected chi connectivity index (χ0v) is 20.1. The maximum Gasteiger partial charge on any atom is 0.238 e. The number of thioether (sulfide) groups is 1. The van der Waals surface area contributed by atoms with Crippen LogP contribution < -0.4 is 10.6 Å². The minimum Gasteiger partial charge on any atom is -0.360 e. The minimum atomic E-state index is -0.401. The average molecular weight is 474 g/mol. The number of rotatable bonds is 9. The Bertz CT molecular complexity index is 971. The van der Waals surface area contributed by atoms with Crippen molar-refractivity contribution in [2.45, 2.75) is 32.4 Å². The van der Waals surface area contributed by atoms with Crippen molar-refractivity contribution in [3.63, 3.8) is 0 Å². The molecule has 2 aromatic rings. The van der Waals surface area contributed by atoms with Crippen molar-refractivity contribution in [2.24, 2.45) is 0 Å². The third kappa shape index (κ3) is 7.33. The molecule has 3 rings (SSSR count). The zero-order valence-electron chi connectivity index (χ0n) is 19.3. The molecule has 0 radical (unpaired) electrons. The fraction of sp³-hybridized carbons (Fsp3) is 0.478. The lowest BCUT2D eigenvalue weighted by molar-refractivity contribution is -0.130. The molecule has 0 saturated carbocycles. The molecule has 1 aromatic carbocycles. The second-order valence-electron chi connectivity index (χ2n) is 7.98. The summed E-state index contributed by atoms with van der Waals surface area (Å²) in [6.45, 7) is 8.28. The van der Waals surface area contributed by atoms with Crippen molar-refractivity contribution in [1.82, 2.24) is 15.0 Å². The van der Waals surface area contributed by atoms with Crippen molar-refractivity contribution in [3.05, 3.63) is 41.7 Å². The lowest BCUT2D eigenvalue weighted by Gasteiger charge is -2.34. The van der Waals surface area contributed by atoms with Gasteiger partial charge in [-0.1, -0.05) is 30.3 Å². The number of hydrogen-bond donors (Lipinski definition) is 2. The van der Waals surface area contributed by atoms with Crippen molar-refractivity contribution in [3.8, 4) is 0 Å². The van der Waals surface area contributed by atoms with Crippen LogP contribution in [0.25, 0.3) is 0 Å². The SMILES string of the molecule is CCc1ccccc1NC(=O)CN1CCN(C(=O)CS[C@@H](C)C(=O)Nc2cc(C)on2)CC1. The summed E-state index contributed by atoms with van der Waals surface area (Å²) in [6, 6.07) is 9.45. The first-order chi connectivity index (χ1) is 15.9. The Morgan fingerprint density at radius 1 is 1.15 bits per heavy atom. The van der Waals surface area contributed by atoms with Gasteiger partial charge >= 0.3 is 0 Å². The molecule has 3 amide bonds. The first kappa shape index (κ1) is 24.8. The maximum atomic E-state index is 12.6. The average Bonchev–Trinajstić information content (AvgIpc) is 3.22. The second-order valence-corrected chi connectivity index (χ2v) is 9.31. The van der Waals surface area contributed by atoms with Crippen LogP contribution in [-0.4, -0.2) is 76.4 Å². The van der Waals surface area contributed by atoms with E-state index in [1.807, 2.05) is 24.3 Å². The number of para-hydroxylation sites is 1. The molecule has 1 aliphatic rings. The molecule has 2 heterocycles. The van der Waals surface area contributed by atoms with Crippen LogP contribution in [0.1, 0.15) is 25.2 Å². The van der Waals surface area contributed by atoms with E-state index in [1.165, 1.54) is 11.8 Å². The van der Waals surface area contributed by atoms with Gasteiger partial charge in [0.2, 0.25) is 17.7 Å². The summed E-state index contributed by atoms with van der Waals surface area (Å²) in [5, 5.41) is 9.01. The van der Waals surface area contributed by atoms with Crippen LogP contribution in [-0.2, 0) is 20.8 Å². The van der Waals surface area contributed by atoms with Gasteiger partial charge in [0.1, 0.15) is 5.76 Å². The van der Waals surface area contributed by atoms with Crippen LogP contribution in [0, 0.1) is 6.92 Å². The number of nitrogens with one attached hydrogen (secondary N) is 2. The lowest BCUT2D eigenvalue weighted by atomic mass is 10.1. The largest absolute Gasteiger partial charge is 0.360 e. The van der Waals surface area contributed by atoms with E-state index in [0.29, 0.717) is 44.3 Å². The number of carbonyl (C=O) groups excluding carboxylic acids is 3. The van der Waals surface area contributed by atoms with Gasteiger partial charge in [-0.15, -0.1) is 11.8 Å². The summed E-state index contributed by atoms with van der Waals surface area (Å²) in [5.74, 6) is 0.937. The maximum absolute atomic E-state index is 12.6. The summed E-state index contributed by atoms with van der Waals surface area (Å²) in [6.07, 6.45) is 0.857. The van der Waals surface area contributed by atoms with Gasteiger partial charge in [-0.25, -0.2) is 0 Å². The molecule has 0 unspecified atom stereocenters. The van der Waals surface area contributed by atoms with Gasteiger partial charge in [0.05, 0.1) is 17.5 Å². The molecule has 0 spiro atoms. The molecule has 1 aliphatic heterocycles. The van der Waals surface area contributed by atoms with E-state index in [4.69, 9.17) is 4.52 Å². The monoisotopic (exact) mass is 473 g/mol. The highest BCUT2D eigenvalue weighted by Crippen LogP contribution is 2.17. The molecule has 1 atom stereocenters. The molecule has 1 saturated heterocycles. The molecule has 0 bridgehead atoms. The van der Waals surface area contributed by atoms with E-state index in [-0.39, 0.29) is 23.5 Å². The third-order valence-electron chi connectivity index (χ3n) is 5.47. The minimum absolute atomic E-state index is 0.00194. The fourth-order valence-corrected chi connectivity index (χ4v) is 4.30. The molecular weight excluding hydrogens is 442 g/mol. The number of anilines is 2. The van der Waals surface area contributed by atoms with Gasteiger partial charge in [-0.2, -0.15) is 0 Å². The van der Waals surface area contributed by atoms with Crippen LogP contribution in [0.5, 0.6) is 0 Å². The summed E-state index contributed by atoms with van der Waals surface area (Å²) >= 11 is 1.29. The molecule has 33 heavy (non-hydrogen) atoms. The number of carbonyl (C=O) groups is 3. The van der Waals surface area contributed by atoms with Crippen LogP contribution in [0.3, 0.4) is 0 Å². The number of benzene rings is 1. The Kier molecular flexibility index (Phi) is 8.90. The van der Waals surface area contributed by atoms with Crippen LogP contribution in [0.15, 0.2) is 34.9 Å². The van der Waals surface area contributed by atoms with E-state index in [1.54, 1.807) is 24.8 Å². The molecule has 178 valence electrons. The van der Waals surface area contributed by atoms with Crippen molar-refractivity contribution < 1.29 is 18.9 Å². The quantitative estimate of drug-likeness (QED) is 0.576. The predicted molar refractivity (Wildman–Crippen MR) is 129 cm³/mol. The van der Waals surface area contributed by atoms with Crippen LogP contribution >= 0.6 is 11.8 Å². The highest BCUT2D eigenvalue weighted by atomic mass is 32.2. The van der Waals surface area contributed by atoms with E-state index >= 15 is 0 Å². The summed E-state index contributed by atoms with van der Waals surface area (Å²) in [7, 11) is 0. The number of piperazine rings is 1. The number of nitrogens with zero attached hydrogens (tertiary/aromatic N) is 3. The smallest absolute Gasteiger partial charge is 0.238 e. The molecule has 1 aromatic heterocycles. The lowest BCUT2D eigenvalue weighted by Crippen LogP contribution is -2.51. The molecule has 2 N–H and O–H groups in total. The number of aryl methyl sites for hydroxylation is 2. The summed E-state index contributed by atoms with van der Waals surface area (Å²) in [5.41, 5.74) is 1.96. The normalized spacial score (nSPS) is 15.2. The van der Waals surface area contributed by atoms with Gasteiger partial charge in [0.15, 0.2) is 5.82 Å². The van der Waals surface area contributed by atoms with Gasteiger partial charge in [-0.05, 0) is 31.9 Å². The van der Waals surface area contributed by atoms with E-state index < -0.39 is 5.25 Å². The van der Waals surface area contributed by atoms with Crippen molar-refractivity contribution >= 4 is 41.0 Å². The summed E-state index contributed by atoms with van der Waals surface area (Å²) in [4.78, 5) is 41.1. The predicted octanol–water partition coefficient (Wildman–Crippen LogP) is 2.39. The molecular formula is C23H31N5O4S. The first-order valence-electron chi connectivity index (χ1n) is 11.1. The van der Waals surface area contributed by atoms with E-state index in [2.05, 4.69) is 27.6 Å².